The molecule has 0 unspecified atom stereocenters. The molecule has 0 spiro atoms. The number of amides is 1. The minimum absolute atomic E-state index is 0. The van der Waals surface area contributed by atoms with Gasteiger partial charge in [-0.3, -0.25) is 9.78 Å². The predicted molar refractivity (Wildman–Crippen MR) is 138 cm³/mol. The Bertz CT molecular complexity index is 1310. The second kappa shape index (κ2) is 10.8. The molecule has 0 aliphatic heterocycles. The number of rotatable bonds is 6. The zero-order valence-corrected chi connectivity index (χ0v) is 20.1. The average molecular weight is 503 g/mol. The van der Waals surface area contributed by atoms with Crippen LogP contribution in [0.25, 0.3) is 10.9 Å². The number of nitrogens with two attached hydrogens (primary N) is 1. The van der Waals surface area contributed by atoms with Gasteiger partial charge in [0.25, 0.3) is 5.91 Å². The number of anilines is 2. The number of hydrogen-bond donors (Lipinski definition) is 2. The molecule has 8 heteroatoms. The van der Waals surface area contributed by atoms with Gasteiger partial charge < -0.3 is 15.8 Å². The lowest BCUT2D eigenvalue weighted by atomic mass is 10.1. The van der Waals surface area contributed by atoms with Crippen molar-refractivity contribution in [3.05, 3.63) is 93.6 Å². The van der Waals surface area contributed by atoms with E-state index in [-0.39, 0.29) is 24.9 Å². The molecule has 1 heterocycles. The monoisotopic (exact) mass is 501 g/mol. The highest BCUT2D eigenvalue weighted by molar-refractivity contribution is 6.35. The number of benzene rings is 3. The van der Waals surface area contributed by atoms with Crippen molar-refractivity contribution in [3.8, 4) is 5.75 Å². The smallest absolute Gasteiger partial charge is 0.256 e. The molecule has 0 saturated heterocycles. The first kappa shape index (κ1) is 24.6. The largest absolute Gasteiger partial charge is 0.487 e. The number of ether oxygens (including phenoxy) is 1. The van der Waals surface area contributed by atoms with E-state index in [9.17, 15) is 4.79 Å². The highest BCUT2D eigenvalue weighted by Gasteiger charge is 2.13. The fraction of sp³-hybridized carbons (Fsp3) is 0.120. The Balaban J connectivity index is 0.00000306. The summed E-state index contributed by atoms with van der Waals surface area (Å²) in [5.41, 5.74) is 10.4. The van der Waals surface area contributed by atoms with Crippen LogP contribution in [0, 0.1) is 0 Å². The Labute approximate surface area is 208 Å². The first-order valence-electron chi connectivity index (χ1n) is 10.1. The third-order valence-corrected chi connectivity index (χ3v) is 5.58. The normalized spacial score (nSPS) is 10.5. The zero-order chi connectivity index (χ0) is 22.7. The van der Waals surface area contributed by atoms with E-state index in [0.717, 1.165) is 28.6 Å². The van der Waals surface area contributed by atoms with Crippen LogP contribution in [0.15, 0.2) is 66.7 Å². The van der Waals surface area contributed by atoms with Crippen molar-refractivity contribution in [2.45, 2.75) is 20.0 Å². The van der Waals surface area contributed by atoms with Crippen molar-refractivity contribution in [3.63, 3.8) is 0 Å². The molecule has 0 fully saturated rings. The minimum atomic E-state index is -0.248. The number of carbonyl (C=O) groups is 1. The fourth-order valence-electron chi connectivity index (χ4n) is 3.38. The van der Waals surface area contributed by atoms with Crippen molar-refractivity contribution in [1.82, 2.24) is 4.98 Å². The van der Waals surface area contributed by atoms with Gasteiger partial charge in [-0.1, -0.05) is 48.3 Å². The van der Waals surface area contributed by atoms with Crippen molar-refractivity contribution < 1.29 is 9.53 Å². The van der Waals surface area contributed by atoms with Crippen molar-refractivity contribution in [1.29, 1.82) is 0 Å². The standard InChI is InChI=1S/C25H21Cl2N3O2.ClH/c1-2-17-13-22(28)20-12-18(8-9-23(20)29-17)30-25(31)19-6-4-3-5-15(19)14-32-24-10-7-16(26)11-21(24)27;/h3-13H,2,14H2,1H3,(H2,28,29)(H,30,31);1H. The van der Waals surface area contributed by atoms with Crippen molar-refractivity contribution in [2.24, 2.45) is 0 Å². The first-order chi connectivity index (χ1) is 15.4. The van der Waals surface area contributed by atoms with E-state index in [1.165, 1.54) is 0 Å². The molecule has 170 valence electrons. The third-order valence-electron chi connectivity index (χ3n) is 5.05. The van der Waals surface area contributed by atoms with Crippen LogP contribution < -0.4 is 15.8 Å². The lowest BCUT2D eigenvalue weighted by Crippen LogP contribution is -2.15. The fourth-order valence-corrected chi connectivity index (χ4v) is 3.84. The average Bonchev–Trinajstić information content (AvgIpc) is 2.79. The van der Waals surface area contributed by atoms with Crippen LogP contribution in [0.2, 0.25) is 10.0 Å². The van der Waals surface area contributed by atoms with Crippen LogP contribution in [0.4, 0.5) is 11.4 Å². The molecule has 0 aliphatic rings. The van der Waals surface area contributed by atoms with Crippen LogP contribution in [0.3, 0.4) is 0 Å². The summed E-state index contributed by atoms with van der Waals surface area (Å²) < 4.78 is 5.82. The molecule has 0 radical (unpaired) electrons. The number of fused-ring (bicyclic) bond motifs is 1. The molecule has 33 heavy (non-hydrogen) atoms. The Morgan fingerprint density at radius 2 is 1.85 bits per heavy atom. The van der Waals surface area contributed by atoms with E-state index in [4.69, 9.17) is 33.7 Å². The zero-order valence-electron chi connectivity index (χ0n) is 17.8. The molecule has 0 atom stereocenters. The van der Waals surface area contributed by atoms with Gasteiger partial charge in [-0.2, -0.15) is 0 Å². The second-order valence-electron chi connectivity index (χ2n) is 7.26. The van der Waals surface area contributed by atoms with Crippen LogP contribution in [-0.4, -0.2) is 10.9 Å². The van der Waals surface area contributed by atoms with E-state index in [2.05, 4.69) is 10.3 Å². The molecule has 1 amide bonds. The maximum Gasteiger partial charge on any atom is 0.256 e. The second-order valence-corrected chi connectivity index (χ2v) is 8.11. The number of hydrogen-bond acceptors (Lipinski definition) is 4. The summed E-state index contributed by atoms with van der Waals surface area (Å²) in [6.07, 6.45) is 0.804. The molecule has 0 bridgehead atoms. The lowest BCUT2D eigenvalue weighted by Gasteiger charge is -2.13. The number of halogens is 3. The van der Waals surface area contributed by atoms with Gasteiger partial charge >= 0.3 is 0 Å². The van der Waals surface area contributed by atoms with Gasteiger partial charge in [0, 0.05) is 38.6 Å². The maximum absolute atomic E-state index is 13.0. The van der Waals surface area contributed by atoms with Gasteiger partial charge in [0.15, 0.2) is 0 Å². The Kier molecular flexibility index (Phi) is 8.03. The Morgan fingerprint density at radius 1 is 1.06 bits per heavy atom. The van der Waals surface area contributed by atoms with E-state index < -0.39 is 0 Å². The van der Waals surface area contributed by atoms with Crippen molar-refractivity contribution in [2.75, 3.05) is 11.1 Å². The molecule has 1 aromatic heterocycles. The van der Waals surface area contributed by atoms with Gasteiger partial charge in [-0.05, 0) is 55.0 Å². The van der Waals surface area contributed by atoms with E-state index in [0.29, 0.717) is 32.7 Å². The van der Waals surface area contributed by atoms with Crippen LogP contribution in [0.5, 0.6) is 5.75 Å². The number of carbonyl (C=O) groups excluding carboxylic acids is 1. The summed E-state index contributed by atoms with van der Waals surface area (Å²) >= 11 is 12.1. The molecular weight excluding hydrogens is 481 g/mol. The van der Waals surface area contributed by atoms with Gasteiger partial charge in [0.1, 0.15) is 12.4 Å². The van der Waals surface area contributed by atoms with Gasteiger partial charge in [0.2, 0.25) is 0 Å². The summed E-state index contributed by atoms with van der Waals surface area (Å²) in [6.45, 7) is 2.21. The van der Waals surface area contributed by atoms with Crippen molar-refractivity contribution >= 4 is 63.8 Å². The number of nitrogens with zero attached hydrogens (tertiary/aromatic N) is 1. The molecular formula is C25H22Cl3N3O2. The number of aromatic nitrogens is 1. The lowest BCUT2D eigenvalue weighted by molar-refractivity contribution is 0.102. The van der Waals surface area contributed by atoms with Gasteiger partial charge in [-0.25, -0.2) is 0 Å². The van der Waals surface area contributed by atoms with E-state index >= 15 is 0 Å². The van der Waals surface area contributed by atoms with E-state index in [1.807, 2.05) is 49.4 Å². The SMILES string of the molecule is CCc1cc(N)c2cc(NC(=O)c3ccccc3COc3ccc(Cl)cc3Cl)ccc2n1.Cl. The van der Waals surface area contributed by atoms with Gasteiger partial charge in [0.05, 0.1) is 10.5 Å². The molecule has 3 aromatic carbocycles. The highest BCUT2D eigenvalue weighted by Crippen LogP contribution is 2.29. The Morgan fingerprint density at radius 3 is 2.61 bits per heavy atom. The number of pyridine rings is 1. The summed E-state index contributed by atoms with van der Waals surface area (Å²) in [6, 6.07) is 19.6. The van der Waals surface area contributed by atoms with Gasteiger partial charge in [-0.15, -0.1) is 12.4 Å². The van der Waals surface area contributed by atoms with Crippen LogP contribution in [-0.2, 0) is 13.0 Å². The molecule has 5 nitrogen and oxygen atoms in total. The summed E-state index contributed by atoms with van der Waals surface area (Å²) in [5, 5.41) is 4.68. The quantitative estimate of drug-likeness (QED) is 0.299. The maximum atomic E-state index is 13.0. The molecule has 0 aliphatic carbocycles. The Hall–Kier alpha value is -2.99. The number of nitrogens with one attached hydrogen (secondary N) is 1. The van der Waals surface area contributed by atoms with Crippen LogP contribution >= 0.6 is 35.6 Å². The first-order valence-corrected chi connectivity index (χ1v) is 10.9. The topological polar surface area (TPSA) is 77.2 Å². The third kappa shape index (κ3) is 5.69. The van der Waals surface area contributed by atoms with Crippen LogP contribution in [0.1, 0.15) is 28.5 Å². The minimum Gasteiger partial charge on any atom is -0.487 e. The molecule has 4 rings (SSSR count). The van der Waals surface area contributed by atoms with E-state index in [1.54, 1.807) is 24.3 Å². The summed E-state index contributed by atoms with van der Waals surface area (Å²) in [7, 11) is 0. The highest BCUT2D eigenvalue weighted by atomic mass is 35.5. The summed E-state index contributed by atoms with van der Waals surface area (Å²) in [4.78, 5) is 17.6. The number of aryl methyl sites for hydroxylation is 1. The molecule has 3 N–H and O–H groups in total. The predicted octanol–water partition coefficient (Wildman–Crippen LogP) is 6.94. The molecule has 4 aromatic rings. The summed E-state index contributed by atoms with van der Waals surface area (Å²) in [5.74, 6) is 0.248. The molecule has 0 saturated carbocycles. The number of nitrogen functional groups attached to an aromatic ring is 1.